The van der Waals surface area contributed by atoms with E-state index in [0.29, 0.717) is 6.79 Å². The van der Waals surface area contributed by atoms with E-state index in [1.807, 2.05) is 6.07 Å². The largest absolute Gasteiger partial charge is 0.454 e. The van der Waals surface area contributed by atoms with Gasteiger partial charge >= 0.3 is 0 Å². The SMILES string of the molecule is Cc1cc2c(cc1CN(C)CCCCO)OCO2. The second kappa shape index (κ2) is 6.07. The molecule has 100 valence electrons. The van der Waals surface area contributed by atoms with Crippen LogP contribution in [0.1, 0.15) is 24.0 Å². The molecule has 18 heavy (non-hydrogen) atoms. The Labute approximate surface area is 108 Å². The van der Waals surface area contributed by atoms with Gasteiger partial charge in [0.2, 0.25) is 6.79 Å². The van der Waals surface area contributed by atoms with Crippen molar-refractivity contribution in [2.45, 2.75) is 26.3 Å². The minimum atomic E-state index is 0.275. The molecule has 0 spiro atoms. The van der Waals surface area contributed by atoms with Crippen LogP contribution < -0.4 is 9.47 Å². The predicted molar refractivity (Wildman–Crippen MR) is 70.0 cm³/mol. The number of hydrogen-bond donors (Lipinski definition) is 1. The molecule has 0 amide bonds. The summed E-state index contributed by atoms with van der Waals surface area (Å²) in [5.41, 5.74) is 2.50. The molecule has 0 atom stereocenters. The van der Waals surface area contributed by atoms with Gasteiger partial charge in [-0.2, -0.15) is 0 Å². The Hall–Kier alpha value is -1.26. The lowest BCUT2D eigenvalue weighted by Gasteiger charge is -2.18. The molecule has 1 aliphatic rings. The lowest BCUT2D eigenvalue weighted by molar-refractivity contribution is 0.174. The fraction of sp³-hybridized carbons (Fsp3) is 0.571. The highest BCUT2D eigenvalue weighted by molar-refractivity contribution is 5.48. The molecule has 0 aromatic heterocycles. The number of fused-ring (bicyclic) bond motifs is 1. The number of aliphatic hydroxyl groups excluding tert-OH is 1. The van der Waals surface area contributed by atoms with Crippen molar-refractivity contribution >= 4 is 0 Å². The van der Waals surface area contributed by atoms with E-state index in [9.17, 15) is 0 Å². The van der Waals surface area contributed by atoms with E-state index in [1.54, 1.807) is 0 Å². The van der Waals surface area contributed by atoms with E-state index in [4.69, 9.17) is 14.6 Å². The van der Waals surface area contributed by atoms with Crippen molar-refractivity contribution < 1.29 is 14.6 Å². The van der Waals surface area contributed by atoms with Crippen LogP contribution in [0.5, 0.6) is 11.5 Å². The first-order chi connectivity index (χ1) is 8.70. The third kappa shape index (κ3) is 3.15. The fourth-order valence-corrected chi connectivity index (χ4v) is 2.12. The summed E-state index contributed by atoms with van der Waals surface area (Å²) in [6.07, 6.45) is 1.89. The molecule has 4 nitrogen and oxygen atoms in total. The number of aryl methyl sites for hydroxylation is 1. The molecule has 0 saturated carbocycles. The second-order valence-corrected chi connectivity index (χ2v) is 4.80. The Balaban J connectivity index is 1.96. The van der Waals surface area contributed by atoms with Crippen LogP contribution in [0.15, 0.2) is 12.1 Å². The first kappa shape index (κ1) is 13.2. The van der Waals surface area contributed by atoms with Crippen molar-refractivity contribution in [2.24, 2.45) is 0 Å². The van der Waals surface area contributed by atoms with Crippen LogP contribution in [0, 0.1) is 6.92 Å². The van der Waals surface area contributed by atoms with Crippen LogP contribution in [0.3, 0.4) is 0 Å². The summed E-state index contributed by atoms with van der Waals surface area (Å²) >= 11 is 0. The van der Waals surface area contributed by atoms with E-state index in [2.05, 4.69) is 24.9 Å². The zero-order chi connectivity index (χ0) is 13.0. The Morgan fingerprint density at radius 1 is 1.22 bits per heavy atom. The minimum absolute atomic E-state index is 0.275. The van der Waals surface area contributed by atoms with Crippen LogP contribution in [-0.2, 0) is 6.54 Å². The molecule has 0 fully saturated rings. The maximum Gasteiger partial charge on any atom is 0.231 e. The summed E-state index contributed by atoms with van der Waals surface area (Å²) in [6, 6.07) is 4.11. The summed E-state index contributed by atoms with van der Waals surface area (Å²) < 4.78 is 10.8. The second-order valence-electron chi connectivity index (χ2n) is 4.80. The van der Waals surface area contributed by atoms with Gasteiger partial charge in [-0.1, -0.05) is 0 Å². The van der Waals surface area contributed by atoms with Crippen molar-refractivity contribution in [2.75, 3.05) is 27.0 Å². The van der Waals surface area contributed by atoms with Gasteiger partial charge in [0.15, 0.2) is 11.5 Å². The molecular weight excluding hydrogens is 230 g/mol. The van der Waals surface area contributed by atoms with Crippen LogP contribution in [0.25, 0.3) is 0 Å². The molecule has 0 bridgehead atoms. The number of unbranched alkanes of at least 4 members (excludes halogenated alkanes) is 1. The number of rotatable bonds is 6. The fourth-order valence-electron chi connectivity index (χ4n) is 2.12. The third-order valence-corrected chi connectivity index (χ3v) is 3.22. The highest BCUT2D eigenvalue weighted by atomic mass is 16.7. The molecule has 0 unspecified atom stereocenters. The average molecular weight is 251 g/mol. The molecule has 0 saturated heterocycles. The maximum absolute atomic E-state index is 8.77. The van der Waals surface area contributed by atoms with Crippen LogP contribution >= 0.6 is 0 Å². The molecule has 2 rings (SSSR count). The lowest BCUT2D eigenvalue weighted by atomic mass is 10.1. The molecular formula is C14H21NO3. The van der Waals surface area contributed by atoms with E-state index in [-0.39, 0.29) is 6.61 Å². The van der Waals surface area contributed by atoms with E-state index in [0.717, 1.165) is 37.4 Å². The molecule has 1 N–H and O–H groups in total. The third-order valence-electron chi connectivity index (χ3n) is 3.22. The van der Waals surface area contributed by atoms with Crippen LogP contribution in [-0.4, -0.2) is 37.0 Å². The molecule has 1 aliphatic heterocycles. The number of nitrogens with zero attached hydrogens (tertiary/aromatic N) is 1. The Bertz CT molecular complexity index is 406. The van der Waals surface area contributed by atoms with Crippen molar-refractivity contribution in [1.29, 1.82) is 0 Å². The van der Waals surface area contributed by atoms with Gasteiger partial charge in [-0.05, 0) is 56.6 Å². The summed E-state index contributed by atoms with van der Waals surface area (Å²) in [7, 11) is 2.10. The van der Waals surface area contributed by atoms with Crippen LogP contribution in [0.2, 0.25) is 0 Å². The Kier molecular flexibility index (Phi) is 4.44. The summed E-state index contributed by atoms with van der Waals surface area (Å²) in [5.74, 6) is 1.69. The smallest absolute Gasteiger partial charge is 0.231 e. The normalized spacial score (nSPS) is 13.3. The first-order valence-corrected chi connectivity index (χ1v) is 6.39. The topological polar surface area (TPSA) is 41.9 Å². The zero-order valence-electron chi connectivity index (χ0n) is 11.1. The number of benzene rings is 1. The van der Waals surface area contributed by atoms with Crippen molar-refractivity contribution in [1.82, 2.24) is 4.90 Å². The number of ether oxygens (including phenoxy) is 2. The minimum Gasteiger partial charge on any atom is -0.454 e. The number of hydrogen-bond acceptors (Lipinski definition) is 4. The van der Waals surface area contributed by atoms with Crippen molar-refractivity contribution in [3.8, 4) is 11.5 Å². The van der Waals surface area contributed by atoms with Gasteiger partial charge in [0.25, 0.3) is 0 Å². The molecule has 0 aliphatic carbocycles. The predicted octanol–water partition coefficient (Wildman–Crippen LogP) is 1.93. The lowest BCUT2D eigenvalue weighted by Crippen LogP contribution is -2.19. The van der Waals surface area contributed by atoms with Crippen molar-refractivity contribution in [3.05, 3.63) is 23.3 Å². The van der Waals surface area contributed by atoms with Gasteiger partial charge in [-0.3, -0.25) is 0 Å². The van der Waals surface area contributed by atoms with Gasteiger partial charge in [-0.15, -0.1) is 0 Å². The van der Waals surface area contributed by atoms with E-state index in [1.165, 1.54) is 11.1 Å². The average Bonchev–Trinajstić information content (AvgIpc) is 2.77. The van der Waals surface area contributed by atoms with Crippen LogP contribution in [0.4, 0.5) is 0 Å². The van der Waals surface area contributed by atoms with Gasteiger partial charge in [0.05, 0.1) is 0 Å². The Morgan fingerprint density at radius 2 is 1.94 bits per heavy atom. The van der Waals surface area contributed by atoms with E-state index < -0.39 is 0 Å². The van der Waals surface area contributed by atoms with Crippen molar-refractivity contribution in [3.63, 3.8) is 0 Å². The number of aliphatic hydroxyl groups is 1. The molecule has 1 heterocycles. The standard InChI is InChI=1S/C14H21NO3/c1-11-7-13-14(18-10-17-13)8-12(11)9-15(2)5-3-4-6-16/h7-8,16H,3-6,9-10H2,1-2H3. The summed E-state index contributed by atoms with van der Waals surface area (Å²) in [6.45, 7) is 4.59. The highest BCUT2D eigenvalue weighted by Crippen LogP contribution is 2.34. The molecule has 1 aromatic carbocycles. The van der Waals surface area contributed by atoms with Gasteiger partial charge in [0, 0.05) is 13.2 Å². The molecule has 1 aromatic rings. The van der Waals surface area contributed by atoms with Gasteiger partial charge in [0.1, 0.15) is 0 Å². The Morgan fingerprint density at radius 3 is 2.67 bits per heavy atom. The first-order valence-electron chi connectivity index (χ1n) is 6.39. The highest BCUT2D eigenvalue weighted by Gasteiger charge is 2.16. The monoisotopic (exact) mass is 251 g/mol. The van der Waals surface area contributed by atoms with Gasteiger partial charge in [-0.25, -0.2) is 0 Å². The maximum atomic E-state index is 8.77. The van der Waals surface area contributed by atoms with Gasteiger partial charge < -0.3 is 19.5 Å². The summed E-state index contributed by atoms with van der Waals surface area (Å²) in [4.78, 5) is 2.26. The summed E-state index contributed by atoms with van der Waals surface area (Å²) in [5, 5.41) is 8.77. The molecule has 4 heteroatoms. The quantitative estimate of drug-likeness (QED) is 0.784. The van der Waals surface area contributed by atoms with E-state index >= 15 is 0 Å². The zero-order valence-corrected chi connectivity index (χ0v) is 11.1. The molecule has 0 radical (unpaired) electrons.